The molecule has 4 nitrogen and oxygen atoms in total. The van der Waals surface area contributed by atoms with Crippen LogP contribution >= 0.6 is 0 Å². The van der Waals surface area contributed by atoms with Crippen LogP contribution in [-0.4, -0.2) is 23.1 Å². The predicted molar refractivity (Wildman–Crippen MR) is 75.1 cm³/mol. The lowest BCUT2D eigenvalue weighted by molar-refractivity contribution is 0.305. The van der Waals surface area contributed by atoms with Gasteiger partial charge in [0.2, 0.25) is 11.8 Å². The van der Waals surface area contributed by atoms with Gasteiger partial charge in [0.15, 0.2) is 0 Å². The number of aryl methyl sites for hydroxylation is 1. The lowest BCUT2D eigenvalue weighted by atomic mass is 10.1. The first-order valence-corrected chi connectivity index (χ1v) is 6.84. The molecule has 0 radical (unpaired) electrons. The maximum atomic E-state index is 5.53. The molecule has 0 bridgehead atoms. The minimum Gasteiger partial charge on any atom is -0.478 e. The van der Waals surface area contributed by atoms with Crippen LogP contribution in [0.1, 0.15) is 45.7 Å². The molecule has 1 heterocycles. The maximum Gasteiger partial charge on any atom is 0.226 e. The third-order valence-corrected chi connectivity index (χ3v) is 2.53. The van der Waals surface area contributed by atoms with Crippen molar-refractivity contribution in [1.82, 2.24) is 9.97 Å². The molecule has 102 valence electrons. The van der Waals surface area contributed by atoms with Gasteiger partial charge in [0, 0.05) is 18.3 Å². The van der Waals surface area contributed by atoms with Gasteiger partial charge in [-0.2, -0.15) is 4.98 Å². The maximum absolute atomic E-state index is 5.53. The van der Waals surface area contributed by atoms with Crippen molar-refractivity contribution in [1.29, 1.82) is 0 Å². The van der Waals surface area contributed by atoms with E-state index in [0.29, 0.717) is 18.4 Å². The molecule has 18 heavy (non-hydrogen) atoms. The predicted octanol–water partition coefficient (Wildman–Crippen LogP) is 3.42. The standard InChI is InChI=1S/C14H25N3O/c1-5-9-18-13-10-12(4)16-14(17-13)15-8-6-7-11(2)3/h10-11H,5-9H2,1-4H3,(H,15,16,17). The summed E-state index contributed by atoms with van der Waals surface area (Å²) in [4.78, 5) is 8.70. The van der Waals surface area contributed by atoms with Gasteiger partial charge in [-0.05, 0) is 32.1 Å². The highest BCUT2D eigenvalue weighted by Gasteiger charge is 2.02. The first kappa shape index (κ1) is 14.7. The molecule has 0 atom stereocenters. The summed E-state index contributed by atoms with van der Waals surface area (Å²) in [6, 6.07) is 1.87. The Balaban J connectivity index is 2.46. The van der Waals surface area contributed by atoms with E-state index in [9.17, 15) is 0 Å². The largest absolute Gasteiger partial charge is 0.478 e. The molecule has 0 aliphatic heterocycles. The number of nitrogens with one attached hydrogen (secondary N) is 1. The highest BCUT2D eigenvalue weighted by Crippen LogP contribution is 2.12. The van der Waals surface area contributed by atoms with E-state index in [1.165, 1.54) is 6.42 Å². The summed E-state index contributed by atoms with van der Waals surface area (Å²) < 4.78 is 5.53. The van der Waals surface area contributed by atoms with Gasteiger partial charge >= 0.3 is 0 Å². The van der Waals surface area contributed by atoms with Gasteiger partial charge in [-0.15, -0.1) is 0 Å². The molecule has 1 aromatic heterocycles. The summed E-state index contributed by atoms with van der Waals surface area (Å²) >= 11 is 0. The third-order valence-electron chi connectivity index (χ3n) is 2.53. The zero-order chi connectivity index (χ0) is 13.4. The molecule has 0 fully saturated rings. The van der Waals surface area contributed by atoms with Crippen molar-refractivity contribution in [3.05, 3.63) is 11.8 Å². The van der Waals surface area contributed by atoms with Crippen LogP contribution in [0.5, 0.6) is 5.88 Å². The Morgan fingerprint density at radius 1 is 1.33 bits per heavy atom. The van der Waals surface area contributed by atoms with Crippen molar-refractivity contribution in [3.63, 3.8) is 0 Å². The van der Waals surface area contributed by atoms with E-state index in [2.05, 4.69) is 36.1 Å². The van der Waals surface area contributed by atoms with Crippen molar-refractivity contribution in [2.45, 2.75) is 47.0 Å². The number of hydrogen-bond acceptors (Lipinski definition) is 4. The second-order valence-corrected chi connectivity index (χ2v) is 4.98. The van der Waals surface area contributed by atoms with Crippen LogP contribution in [0, 0.1) is 12.8 Å². The second-order valence-electron chi connectivity index (χ2n) is 4.98. The number of anilines is 1. The fraction of sp³-hybridized carbons (Fsp3) is 0.714. The van der Waals surface area contributed by atoms with Gasteiger partial charge in [0.05, 0.1) is 6.61 Å². The quantitative estimate of drug-likeness (QED) is 0.719. The van der Waals surface area contributed by atoms with Gasteiger partial charge in [0.25, 0.3) is 0 Å². The van der Waals surface area contributed by atoms with Crippen LogP contribution in [0.15, 0.2) is 6.07 Å². The van der Waals surface area contributed by atoms with E-state index >= 15 is 0 Å². The molecule has 0 saturated carbocycles. The smallest absolute Gasteiger partial charge is 0.226 e. The number of rotatable bonds is 8. The normalized spacial score (nSPS) is 10.7. The Bertz CT molecular complexity index is 353. The first-order chi connectivity index (χ1) is 8.61. The average molecular weight is 251 g/mol. The van der Waals surface area contributed by atoms with Crippen LogP contribution in [0.2, 0.25) is 0 Å². The van der Waals surface area contributed by atoms with Crippen LogP contribution in [0.4, 0.5) is 5.95 Å². The van der Waals surface area contributed by atoms with Gasteiger partial charge in [0.1, 0.15) is 0 Å². The molecule has 0 unspecified atom stereocenters. The van der Waals surface area contributed by atoms with Crippen molar-refractivity contribution < 1.29 is 4.74 Å². The SMILES string of the molecule is CCCOc1cc(C)nc(NCCCC(C)C)n1. The highest BCUT2D eigenvalue weighted by molar-refractivity contribution is 5.30. The summed E-state index contributed by atoms with van der Waals surface area (Å²) in [5.41, 5.74) is 0.933. The van der Waals surface area contributed by atoms with Crippen molar-refractivity contribution in [2.75, 3.05) is 18.5 Å². The van der Waals surface area contributed by atoms with Gasteiger partial charge < -0.3 is 10.1 Å². The average Bonchev–Trinajstić information content (AvgIpc) is 2.31. The van der Waals surface area contributed by atoms with E-state index in [-0.39, 0.29) is 0 Å². The molecule has 1 N–H and O–H groups in total. The molecule has 0 aromatic carbocycles. The molecule has 0 spiro atoms. The molecule has 0 aliphatic carbocycles. The highest BCUT2D eigenvalue weighted by atomic mass is 16.5. The number of ether oxygens (including phenoxy) is 1. The zero-order valence-electron chi connectivity index (χ0n) is 12.0. The lowest BCUT2D eigenvalue weighted by Crippen LogP contribution is -2.08. The summed E-state index contributed by atoms with van der Waals surface area (Å²) in [6.07, 6.45) is 3.35. The molecular weight excluding hydrogens is 226 g/mol. The van der Waals surface area contributed by atoms with Crippen molar-refractivity contribution >= 4 is 5.95 Å². The molecule has 0 amide bonds. The molecular formula is C14H25N3O. The van der Waals surface area contributed by atoms with E-state index in [4.69, 9.17) is 4.74 Å². The fourth-order valence-electron chi connectivity index (χ4n) is 1.61. The van der Waals surface area contributed by atoms with Crippen LogP contribution < -0.4 is 10.1 Å². The number of nitrogens with zero attached hydrogens (tertiary/aromatic N) is 2. The van der Waals surface area contributed by atoms with E-state index in [1.807, 2.05) is 13.0 Å². The molecule has 1 aromatic rings. The topological polar surface area (TPSA) is 47.0 Å². The van der Waals surface area contributed by atoms with Crippen LogP contribution in [0.25, 0.3) is 0 Å². The Labute approximate surface area is 110 Å². The molecule has 0 aliphatic rings. The van der Waals surface area contributed by atoms with Crippen molar-refractivity contribution in [3.8, 4) is 5.88 Å². The first-order valence-electron chi connectivity index (χ1n) is 6.84. The third kappa shape index (κ3) is 5.84. The van der Waals surface area contributed by atoms with Gasteiger partial charge in [-0.3, -0.25) is 0 Å². The molecule has 0 saturated heterocycles. The lowest BCUT2D eigenvalue weighted by Gasteiger charge is -2.09. The Hall–Kier alpha value is -1.32. The van der Waals surface area contributed by atoms with Crippen LogP contribution in [0.3, 0.4) is 0 Å². The second kappa shape index (κ2) is 7.90. The number of hydrogen-bond donors (Lipinski definition) is 1. The summed E-state index contributed by atoms with van der Waals surface area (Å²) in [5.74, 6) is 2.08. The number of aromatic nitrogens is 2. The Kier molecular flexibility index (Phi) is 6.47. The van der Waals surface area contributed by atoms with Gasteiger partial charge in [-0.1, -0.05) is 20.8 Å². The van der Waals surface area contributed by atoms with E-state index in [1.54, 1.807) is 0 Å². The molecule has 1 rings (SSSR count). The van der Waals surface area contributed by atoms with E-state index in [0.717, 1.165) is 31.0 Å². The van der Waals surface area contributed by atoms with Crippen LogP contribution in [-0.2, 0) is 0 Å². The minimum atomic E-state index is 0.663. The minimum absolute atomic E-state index is 0.663. The Morgan fingerprint density at radius 3 is 2.78 bits per heavy atom. The van der Waals surface area contributed by atoms with Crippen molar-refractivity contribution in [2.24, 2.45) is 5.92 Å². The monoisotopic (exact) mass is 251 g/mol. The summed E-state index contributed by atoms with van der Waals surface area (Å²) in [5, 5.41) is 3.26. The molecule has 4 heteroatoms. The fourth-order valence-corrected chi connectivity index (χ4v) is 1.61. The summed E-state index contributed by atoms with van der Waals surface area (Å²) in [6.45, 7) is 10.1. The zero-order valence-corrected chi connectivity index (χ0v) is 12.0. The summed E-state index contributed by atoms with van der Waals surface area (Å²) in [7, 11) is 0. The van der Waals surface area contributed by atoms with E-state index < -0.39 is 0 Å². The van der Waals surface area contributed by atoms with Gasteiger partial charge in [-0.25, -0.2) is 4.98 Å². The Morgan fingerprint density at radius 2 is 2.11 bits per heavy atom.